The Kier molecular flexibility index (Phi) is 7.03. The first-order valence-electron chi connectivity index (χ1n) is 10.5. The molecular formula is C20H20ClF3N8O3. The minimum absolute atomic E-state index is 0.0134. The molecule has 3 aromatic heterocycles. The molecule has 0 saturated heterocycles. The maximum absolute atomic E-state index is 12.9. The monoisotopic (exact) mass is 512 g/mol. The largest absolute Gasteiger partial charge is 0.416 e. The van der Waals surface area contributed by atoms with Crippen LogP contribution in [0.4, 0.5) is 13.2 Å². The zero-order chi connectivity index (χ0) is 25.2. The summed E-state index contributed by atoms with van der Waals surface area (Å²) >= 11 is 5.90. The Labute approximate surface area is 200 Å². The smallest absolute Gasteiger partial charge is 0.383 e. The van der Waals surface area contributed by atoms with Crippen LogP contribution in [0.15, 0.2) is 33.9 Å². The quantitative estimate of drug-likeness (QED) is 0.339. The van der Waals surface area contributed by atoms with Crippen LogP contribution in [0, 0.1) is 0 Å². The average Bonchev–Trinajstić information content (AvgIpc) is 3.42. The summed E-state index contributed by atoms with van der Waals surface area (Å²) in [7, 11) is 1.49. The van der Waals surface area contributed by atoms with Crippen LogP contribution in [0.1, 0.15) is 23.4 Å². The molecule has 186 valence electrons. The molecule has 11 nitrogen and oxygen atoms in total. The Bertz CT molecular complexity index is 1460. The molecule has 15 heteroatoms. The van der Waals surface area contributed by atoms with Crippen LogP contribution in [-0.4, -0.2) is 53.0 Å². The Hall–Kier alpha value is -3.52. The van der Waals surface area contributed by atoms with Crippen molar-refractivity contribution in [3.05, 3.63) is 67.3 Å². The van der Waals surface area contributed by atoms with E-state index in [-0.39, 0.29) is 54.9 Å². The molecule has 0 amide bonds. The SMILES string of the molecule is COCCn1c(=O)n(CCCn2nnc(Cc3cccc(C(F)(F)F)c3)n2)c(=O)c2[nH]c(Cl)nc21. The van der Waals surface area contributed by atoms with Gasteiger partial charge in [0, 0.05) is 20.1 Å². The lowest BCUT2D eigenvalue weighted by atomic mass is 10.1. The van der Waals surface area contributed by atoms with E-state index in [2.05, 4.69) is 25.4 Å². The van der Waals surface area contributed by atoms with E-state index >= 15 is 0 Å². The van der Waals surface area contributed by atoms with Gasteiger partial charge in [0.15, 0.2) is 17.0 Å². The molecule has 0 spiro atoms. The first-order chi connectivity index (χ1) is 16.7. The fraction of sp³-hybridized carbons (Fsp3) is 0.400. The van der Waals surface area contributed by atoms with E-state index in [4.69, 9.17) is 16.3 Å². The zero-order valence-corrected chi connectivity index (χ0v) is 19.2. The van der Waals surface area contributed by atoms with Crippen LogP contribution in [0.2, 0.25) is 5.28 Å². The predicted molar refractivity (Wildman–Crippen MR) is 118 cm³/mol. The van der Waals surface area contributed by atoms with Gasteiger partial charge < -0.3 is 9.72 Å². The fourth-order valence-corrected chi connectivity index (χ4v) is 3.75. The summed E-state index contributed by atoms with van der Waals surface area (Å²) in [5.41, 5.74) is -1.22. The number of halogens is 4. The van der Waals surface area contributed by atoms with E-state index < -0.39 is 23.0 Å². The number of nitrogens with one attached hydrogen (secondary N) is 1. The van der Waals surface area contributed by atoms with E-state index in [1.165, 1.54) is 22.5 Å². The van der Waals surface area contributed by atoms with Crippen LogP contribution in [0.25, 0.3) is 11.2 Å². The van der Waals surface area contributed by atoms with E-state index in [1.54, 1.807) is 6.07 Å². The number of alkyl halides is 3. The molecule has 0 aliphatic rings. The fourth-order valence-electron chi connectivity index (χ4n) is 3.57. The van der Waals surface area contributed by atoms with Crippen molar-refractivity contribution in [1.29, 1.82) is 0 Å². The first-order valence-corrected chi connectivity index (χ1v) is 10.9. The van der Waals surface area contributed by atoms with Gasteiger partial charge >= 0.3 is 11.9 Å². The molecule has 4 rings (SSSR count). The zero-order valence-electron chi connectivity index (χ0n) is 18.4. The number of nitrogens with zero attached hydrogens (tertiary/aromatic N) is 7. The van der Waals surface area contributed by atoms with Gasteiger partial charge in [-0.3, -0.25) is 13.9 Å². The predicted octanol–water partition coefficient (Wildman–Crippen LogP) is 1.87. The van der Waals surface area contributed by atoms with Crippen molar-refractivity contribution >= 4 is 22.8 Å². The Balaban J connectivity index is 1.46. The van der Waals surface area contributed by atoms with Crippen molar-refractivity contribution in [2.75, 3.05) is 13.7 Å². The van der Waals surface area contributed by atoms with E-state index in [0.717, 1.165) is 16.7 Å². The third-order valence-corrected chi connectivity index (χ3v) is 5.38. The highest BCUT2D eigenvalue weighted by Crippen LogP contribution is 2.29. The summed E-state index contributed by atoms with van der Waals surface area (Å²) in [5, 5.41) is 11.9. The van der Waals surface area contributed by atoms with Gasteiger partial charge in [0.05, 0.1) is 25.3 Å². The number of hydrogen-bond donors (Lipinski definition) is 1. The summed E-state index contributed by atoms with van der Waals surface area (Å²) in [6.07, 6.45) is -4.05. The molecule has 3 heterocycles. The number of rotatable bonds is 9. The lowest BCUT2D eigenvalue weighted by Crippen LogP contribution is -2.41. The highest BCUT2D eigenvalue weighted by Gasteiger charge is 2.30. The molecule has 0 atom stereocenters. The molecule has 35 heavy (non-hydrogen) atoms. The molecule has 0 unspecified atom stereocenters. The Morgan fingerprint density at radius 3 is 2.69 bits per heavy atom. The minimum atomic E-state index is -4.44. The Morgan fingerprint density at radius 2 is 1.94 bits per heavy atom. The second kappa shape index (κ2) is 10.00. The number of imidazole rings is 1. The normalized spacial score (nSPS) is 12.0. The van der Waals surface area contributed by atoms with Gasteiger partial charge in [0.1, 0.15) is 0 Å². The number of aromatic nitrogens is 8. The highest BCUT2D eigenvalue weighted by atomic mass is 35.5. The molecule has 0 bridgehead atoms. The molecule has 0 saturated carbocycles. The van der Waals surface area contributed by atoms with Gasteiger partial charge in [-0.15, -0.1) is 10.2 Å². The number of methoxy groups -OCH3 is 1. The molecule has 1 N–H and O–H groups in total. The van der Waals surface area contributed by atoms with Gasteiger partial charge in [-0.05, 0) is 34.9 Å². The van der Waals surface area contributed by atoms with Gasteiger partial charge in [-0.1, -0.05) is 18.2 Å². The van der Waals surface area contributed by atoms with Crippen LogP contribution < -0.4 is 11.2 Å². The number of hydrogen-bond acceptors (Lipinski definition) is 7. The maximum atomic E-state index is 12.9. The standard InChI is InChI=1S/C20H20ClF3N8O3/c1-35-9-8-30-16-15(25-18(21)26-16)17(33)31(19(30)34)6-3-7-32-28-14(27-29-32)11-12-4-2-5-13(10-12)20(22,23)24/h2,4-5,10H,3,6-9,11H2,1H3,(H,25,26). The van der Waals surface area contributed by atoms with Crippen molar-refractivity contribution in [3.8, 4) is 0 Å². The third kappa shape index (κ3) is 5.43. The van der Waals surface area contributed by atoms with Gasteiger partial charge in [0.25, 0.3) is 5.56 Å². The summed E-state index contributed by atoms with van der Waals surface area (Å²) in [4.78, 5) is 33.7. The second-order valence-electron chi connectivity index (χ2n) is 7.64. The number of fused-ring (bicyclic) bond motifs is 1. The van der Waals surface area contributed by atoms with Crippen molar-refractivity contribution in [1.82, 2.24) is 39.3 Å². The molecule has 0 radical (unpaired) electrons. The van der Waals surface area contributed by atoms with Gasteiger partial charge in [-0.2, -0.15) is 23.0 Å². The van der Waals surface area contributed by atoms with Crippen molar-refractivity contribution < 1.29 is 17.9 Å². The van der Waals surface area contributed by atoms with Crippen molar-refractivity contribution in [2.24, 2.45) is 0 Å². The highest BCUT2D eigenvalue weighted by molar-refractivity contribution is 6.28. The number of aromatic amines is 1. The van der Waals surface area contributed by atoms with Crippen LogP contribution in [0.5, 0.6) is 0 Å². The topological polar surface area (TPSA) is 126 Å². The van der Waals surface area contributed by atoms with Crippen LogP contribution in [-0.2, 0) is 37.0 Å². The number of aryl methyl sites for hydroxylation is 1. The third-order valence-electron chi connectivity index (χ3n) is 5.20. The summed E-state index contributed by atoms with van der Waals surface area (Å²) < 4.78 is 46.1. The molecule has 4 aromatic rings. The molecule has 0 fully saturated rings. The van der Waals surface area contributed by atoms with Crippen LogP contribution >= 0.6 is 11.6 Å². The number of ether oxygens (including phenoxy) is 1. The summed E-state index contributed by atoms with van der Waals surface area (Å²) in [6.45, 7) is 0.690. The number of tetrazole rings is 1. The van der Waals surface area contributed by atoms with Gasteiger partial charge in [-0.25, -0.2) is 4.79 Å². The second-order valence-corrected chi connectivity index (χ2v) is 8.00. The van der Waals surface area contributed by atoms with E-state index in [9.17, 15) is 22.8 Å². The van der Waals surface area contributed by atoms with E-state index in [1.807, 2.05) is 0 Å². The van der Waals surface area contributed by atoms with Gasteiger partial charge in [0.2, 0.25) is 5.28 Å². The average molecular weight is 513 g/mol. The minimum Gasteiger partial charge on any atom is -0.383 e. The van der Waals surface area contributed by atoms with Crippen molar-refractivity contribution in [2.45, 2.75) is 38.7 Å². The number of H-pyrrole nitrogens is 1. The molecule has 0 aliphatic heterocycles. The van der Waals surface area contributed by atoms with Crippen molar-refractivity contribution in [3.63, 3.8) is 0 Å². The first kappa shape index (κ1) is 24.6. The summed E-state index contributed by atoms with van der Waals surface area (Å²) in [5.74, 6) is 0.247. The maximum Gasteiger partial charge on any atom is 0.416 e. The molecule has 0 aliphatic carbocycles. The molecular weight excluding hydrogens is 493 g/mol. The Morgan fingerprint density at radius 1 is 1.14 bits per heavy atom. The van der Waals surface area contributed by atoms with Crippen LogP contribution in [0.3, 0.4) is 0 Å². The summed E-state index contributed by atoms with van der Waals surface area (Å²) in [6, 6.07) is 4.91. The van der Waals surface area contributed by atoms with E-state index in [0.29, 0.717) is 12.0 Å². The lowest BCUT2D eigenvalue weighted by molar-refractivity contribution is -0.137. The molecule has 1 aromatic carbocycles. The lowest BCUT2D eigenvalue weighted by Gasteiger charge is -2.10. The number of benzene rings is 1.